The molecule has 2 aromatic rings. The highest BCUT2D eigenvalue weighted by Gasteiger charge is 2.31. The molecule has 218 valence electrons. The average Bonchev–Trinajstić information content (AvgIpc) is 3.39. The molecule has 0 saturated carbocycles. The zero-order chi connectivity index (χ0) is 29.8. The number of carbonyl (C=O) groups excluding carboxylic acids is 4. The first kappa shape index (κ1) is 31.8. The molecule has 0 bridgehead atoms. The molecule has 1 aromatic heterocycles. The van der Waals surface area contributed by atoms with E-state index in [1.807, 2.05) is 13.8 Å². The highest BCUT2D eigenvalue weighted by atomic mass is 16.4. The van der Waals surface area contributed by atoms with Gasteiger partial charge in [-0.25, -0.2) is 9.78 Å². The van der Waals surface area contributed by atoms with Gasteiger partial charge in [-0.1, -0.05) is 26.0 Å². The van der Waals surface area contributed by atoms with Crippen molar-refractivity contribution in [3.05, 3.63) is 48.0 Å². The maximum absolute atomic E-state index is 13.4. The number of aromatic amines is 1. The zero-order valence-corrected chi connectivity index (χ0v) is 22.4. The quantitative estimate of drug-likeness (QED) is 0.127. The molecular weight excluding hydrogens is 522 g/mol. The van der Waals surface area contributed by atoms with Crippen LogP contribution in [0.25, 0.3) is 0 Å². The van der Waals surface area contributed by atoms with E-state index in [9.17, 15) is 34.2 Å². The number of carbonyl (C=O) groups is 5. The number of carboxylic acid groups (broad SMARTS) is 1. The van der Waals surface area contributed by atoms with Crippen molar-refractivity contribution in [3.63, 3.8) is 0 Å². The van der Waals surface area contributed by atoms with Gasteiger partial charge >= 0.3 is 5.97 Å². The van der Waals surface area contributed by atoms with Crippen LogP contribution in [0.3, 0.4) is 0 Å². The largest absolute Gasteiger partial charge is 0.508 e. The number of carboxylic acids is 1. The topological polar surface area (TPSA) is 243 Å². The van der Waals surface area contributed by atoms with Crippen molar-refractivity contribution in [2.45, 2.75) is 70.1 Å². The number of H-pyrrole nitrogens is 1. The Hall–Kier alpha value is -4.46. The number of aromatic hydroxyl groups is 1. The fourth-order valence-electron chi connectivity index (χ4n) is 3.87. The van der Waals surface area contributed by atoms with Crippen molar-refractivity contribution in [2.75, 3.05) is 0 Å². The summed E-state index contributed by atoms with van der Waals surface area (Å²) in [7, 11) is 0. The molecule has 0 saturated heterocycles. The molecule has 14 nitrogen and oxygen atoms in total. The fourth-order valence-corrected chi connectivity index (χ4v) is 3.87. The Morgan fingerprint density at radius 2 is 1.52 bits per heavy atom. The van der Waals surface area contributed by atoms with Gasteiger partial charge in [0, 0.05) is 24.7 Å². The van der Waals surface area contributed by atoms with Crippen LogP contribution in [0.1, 0.15) is 44.4 Å². The van der Waals surface area contributed by atoms with Crippen LogP contribution >= 0.6 is 0 Å². The van der Waals surface area contributed by atoms with Crippen molar-refractivity contribution in [1.82, 2.24) is 25.9 Å². The number of phenols is 1. The van der Waals surface area contributed by atoms with Gasteiger partial charge in [0.05, 0.1) is 12.4 Å². The Kier molecular flexibility index (Phi) is 12.1. The molecule has 0 fully saturated rings. The summed E-state index contributed by atoms with van der Waals surface area (Å²) < 4.78 is 0. The molecular formula is C26H37N7O7. The minimum atomic E-state index is -1.38. The van der Waals surface area contributed by atoms with E-state index in [0.29, 0.717) is 11.3 Å². The van der Waals surface area contributed by atoms with Crippen LogP contribution in [0, 0.1) is 5.92 Å². The van der Waals surface area contributed by atoms with E-state index in [1.165, 1.54) is 24.7 Å². The molecule has 40 heavy (non-hydrogen) atoms. The predicted octanol–water partition coefficient (Wildman–Crippen LogP) is -0.922. The molecule has 4 amide bonds. The summed E-state index contributed by atoms with van der Waals surface area (Å²) in [5.74, 6) is -4.12. The van der Waals surface area contributed by atoms with Crippen LogP contribution in [0.4, 0.5) is 0 Å². The first-order valence-corrected chi connectivity index (χ1v) is 12.8. The monoisotopic (exact) mass is 559 g/mol. The molecule has 4 unspecified atom stereocenters. The van der Waals surface area contributed by atoms with E-state index < -0.39 is 53.8 Å². The number of rotatable bonds is 16. The molecule has 0 radical (unpaired) electrons. The second-order valence-corrected chi connectivity index (χ2v) is 9.91. The van der Waals surface area contributed by atoms with Gasteiger partial charge < -0.3 is 42.6 Å². The van der Waals surface area contributed by atoms with Gasteiger partial charge in [0.15, 0.2) is 0 Å². The minimum absolute atomic E-state index is 0.00980. The summed E-state index contributed by atoms with van der Waals surface area (Å²) in [6, 6.07) is 1.51. The number of nitrogens with two attached hydrogens (primary N) is 2. The number of aliphatic carboxylic acids is 1. The molecule has 0 aliphatic heterocycles. The van der Waals surface area contributed by atoms with Crippen molar-refractivity contribution >= 4 is 29.6 Å². The summed E-state index contributed by atoms with van der Waals surface area (Å²) >= 11 is 0. The molecule has 10 N–H and O–H groups in total. The van der Waals surface area contributed by atoms with Gasteiger partial charge in [-0.2, -0.15) is 0 Å². The number of amides is 4. The lowest BCUT2D eigenvalue weighted by atomic mass is 10.0. The molecule has 2 rings (SSSR count). The molecule has 4 atom stereocenters. The summed E-state index contributed by atoms with van der Waals surface area (Å²) in [5.41, 5.74) is 12.4. The third-order valence-corrected chi connectivity index (χ3v) is 5.97. The summed E-state index contributed by atoms with van der Waals surface area (Å²) in [5, 5.41) is 26.5. The smallest absolute Gasteiger partial charge is 0.326 e. The van der Waals surface area contributed by atoms with Crippen LogP contribution in [0.2, 0.25) is 0 Å². The number of hydrogen-bond donors (Lipinski definition) is 8. The van der Waals surface area contributed by atoms with Gasteiger partial charge in [-0.3, -0.25) is 19.2 Å². The first-order chi connectivity index (χ1) is 18.8. The Balaban J connectivity index is 2.17. The third-order valence-electron chi connectivity index (χ3n) is 5.97. The lowest BCUT2D eigenvalue weighted by molar-refractivity contribution is -0.142. The minimum Gasteiger partial charge on any atom is -0.508 e. The van der Waals surface area contributed by atoms with E-state index in [0.717, 1.165) is 0 Å². The van der Waals surface area contributed by atoms with Gasteiger partial charge in [0.25, 0.3) is 0 Å². The van der Waals surface area contributed by atoms with Crippen LogP contribution in [0.15, 0.2) is 36.8 Å². The standard InChI is InChI=1S/C26H37N7O7/c1-14(2)9-20(24(37)31-19(26(39)40)7-8-22(28)35)33-25(38)21(11-16-12-29-13-30-16)32-23(36)18(27)10-15-3-5-17(34)6-4-15/h3-6,12-14,18-21,34H,7-11,27H2,1-2H3,(H2,28,35)(H,29,30)(H,31,37)(H,32,36)(H,33,38)(H,39,40). The number of nitrogens with zero attached hydrogens (tertiary/aromatic N) is 1. The van der Waals surface area contributed by atoms with E-state index in [1.54, 1.807) is 12.1 Å². The number of primary amides is 1. The Morgan fingerprint density at radius 1 is 0.925 bits per heavy atom. The zero-order valence-electron chi connectivity index (χ0n) is 22.4. The Morgan fingerprint density at radius 3 is 2.08 bits per heavy atom. The molecule has 0 aliphatic rings. The maximum atomic E-state index is 13.4. The van der Waals surface area contributed by atoms with E-state index >= 15 is 0 Å². The highest BCUT2D eigenvalue weighted by molar-refractivity contribution is 5.94. The SMILES string of the molecule is CC(C)CC(NC(=O)C(Cc1cnc[nH]1)NC(=O)C(N)Cc1ccc(O)cc1)C(=O)NC(CCC(N)=O)C(=O)O. The maximum Gasteiger partial charge on any atom is 0.326 e. The lowest BCUT2D eigenvalue weighted by Crippen LogP contribution is -2.58. The fraction of sp³-hybridized carbons (Fsp3) is 0.462. The van der Waals surface area contributed by atoms with Crippen molar-refractivity contribution in [3.8, 4) is 5.75 Å². The number of phenolic OH excluding ortho intramolecular Hbond substituents is 1. The number of hydrogen-bond acceptors (Lipinski definition) is 8. The number of nitrogens with one attached hydrogen (secondary N) is 4. The molecule has 14 heteroatoms. The van der Waals surface area contributed by atoms with Crippen molar-refractivity contribution in [2.24, 2.45) is 17.4 Å². The van der Waals surface area contributed by atoms with Crippen LogP contribution in [-0.4, -0.2) is 73.9 Å². The van der Waals surface area contributed by atoms with E-state index in [4.69, 9.17) is 11.5 Å². The van der Waals surface area contributed by atoms with E-state index in [2.05, 4.69) is 25.9 Å². The predicted molar refractivity (Wildman–Crippen MR) is 143 cm³/mol. The first-order valence-electron chi connectivity index (χ1n) is 12.8. The molecule has 0 spiro atoms. The Labute approximate surface area is 231 Å². The lowest BCUT2D eigenvalue weighted by Gasteiger charge is -2.26. The molecule has 1 aromatic carbocycles. The van der Waals surface area contributed by atoms with E-state index in [-0.39, 0.29) is 43.8 Å². The second kappa shape index (κ2) is 15.2. The summed E-state index contributed by atoms with van der Waals surface area (Å²) in [4.78, 5) is 68.8. The Bertz CT molecular complexity index is 1150. The molecule has 0 aliphatic carbocycles. The second-order valence-electron chi connectivity index (χ2n) is 9.91. The number of aromatic nitrogens is 2. The number of imidazole rings is 1. The van der Waals surface area contributed by atoms with Crippen LogP contribution < -0.4 is 27.4 Å². The highest BCUT2D eigenvalue weighted by Crippen LogP contribution is 2.12. The molecule has 1 heterocycles. The van der Waals surface area contributed by atoms with Crippen molar-refractivity contribution in [1.29, 1.82) is 0 Å². The van der Waals surface area contributed by atoms with Gasteiger partial charge in [0.1, 0.15) is 23.9 Å². The summed E-state index contributed by atoms with van der Waals surface area (Å²) in [6.07, 6.45) is 2.76. The third kappa shape index (κ3) is 10.7. The number of benzene rings is 1. The van der Waals surface area contributed by atoms with Gasteiger partial charge in [-0.05, 0) is 42.9 Å². The summed E-state index contributed by atoms with van der Waals surface area (Å²) in [6.45, 7) is 3.64. The average molecular weight is 560 g/mol. The van der Waals surface area contributed by atoms with Crippen LogP contribution in [-0.2, 0) is 36.8 Å². The van der Waals surface area contributed by atoms with Crippen LogP contribution in [0.5, 0.6) is 5.75 Å². The van der Waals surface area contributed by atoms with Gasteiger partial charge in [0.2, 0.25) is 23.6 Å². The van der Waals surface area contributed by atoms with Gasteiger partial charge in [-0.15, -0.1) is 0 Å². The normalized spacial score (nSPS) is 14.0. The van der Waals surface area contributed by atoms with Crippen molar-refractivity contribution < 1.29 is 34.2 Å².